The van der Waals surface area contributed by atoms with Crippen molar-refractivity contribution in [2.24, 2.45) is 0 Å². The van der Waals surface area contributed by atoms with Gasteiger partial charge in [-0.15, -0.1) is 0 Å². The van der Waals surface area contributed by atoms with E-state index < -0.39 is 0 Å². The Morgan fingerprint density at radius 3 is 2.17 bits per heavy atom. The van der Waals surface area contributed by atoms with Gasteiger partial charge in [0.1, 0.15) is 0 Å². The van der Waals surface area contributed by atoms with Crippen LogP contribution in [0.4, 0.5) is 0 Å². The van der Waals surface area contributed by atoms with Crippen LogP contribution in [0.3, 0.4) is 0 Å². The Labute approximate surface area is 110 Å². The molecule has 0 rings (SSSR count). The van der Waals surface area contributed by atoms with E-state index >= 15 is 0 Å². The summed E-state index contributed by atoms with van der Waals surface area (Å²) in [6.07, 6.45) is 2.01. The van der Waals surface area contributed by atoms with Gasteiger partial charge in [0.15, 0.2) is 0 Å². The van der Waals surface area contributed by atoms with E-state index in [4.69, 9.17) is 0 Å². The summed E-state index contributed by atoms with van der Waals surface area (Å²) in [5.74, 6) is -0.153. The van der Waals surface area contributed by atoms with Gasteiger partial charge in [0.05, 0.1) is 12.6 Å². The first-order chi connectivity index (χ1) is 8.36. The predicted octanol–water partition coefficient (Wildman–Crippen LogP) is 0.794. The topological polar surface area (TPSA) is 70.2 Å². The number of hydrogen-bond donors (Lipinski definition) is 3. The molecule has 0 aliphatic heterocycles. The number of amides is 2. The van der Waals surface area contributed by atoms with Gasteiger partial charge >= 0.3 is 0 Å². The number of rotatable bonds is 8. The van der Waals surface area contributed by atoms with Crippen molar-refractivity contribution in [1.82, 2.24) is 16.0 Å². The van der Waals surface area contributed by atoms with E-state index in [1.54, 1.807) is 6.92 Å². The summed E-state index contributed by atoms with van der Waals surface area (Å²) in [4.78, 5) is 23.2. The molecule has 0 aliphatic rings. The van der Waals surface area contributed by atoms with Crippen molar-refractivity contribution in [2.45, 2.75) is 65.6 Å². The van der Waals surface area contributed by atoms with Crippen LogP contribution in [-0.4, -0.2) is 36.5 Å². The van der Waals surface area contributed by atoms with Gasteiger partial charge in [-0.3, -0.25) is 14.9 Å². The van der Waals surface area contributed by atoms with E-state index in [1.807, 2.05) is 20.8 Å². The third-order valence-corrected chi connectivity index (χ3v) is 2.52. The van der Waals surface area contributed by atoms with E-state index in [2.05, 4.69) is 22.9 Å². The Bertz CT molecular complexity index is 267. The molecule has 3 N–H and O–H groups in total. The first-order valence-electron chi connectivity index (χ1n) is 6.69. The molecule has 5 nitrogen and oxygen atoms in total. The second kappa shape index (κ2) is 8.91. The quantitative estimate of drug-likeness (QED) is 0.602. The lowest BCUT2D eigenvalue weighted by molar-refractivity contribution is -0.124. The maximum atomic E-state index is 11.6. The molecule has 2 amide bonds. The molecule has 0 fully saturated rings. The van der Waals surface area contributed by atoms with Crippen LogP contribution in [0, 0.1) is 0 Å². The summed E-state index contributed by atoms with van der Waals surface area (Å²) in [5.41, 5.74) is 0. The van der Waals surface area contributed by atoms with E-state index in [0.29, 0.717) is 0 Å². The lowest BCUT2D eigenvalue weighted by Gasteiger charge is -2.17. The minimum Gasteiger partial charge on any atom is -0.353 e. The molecule has 0 radical (unpaired) electrons. The number of nitrogens with one attached hydrogen (secondary N) is 3. The van der Waals surface area contributed by atoms with Gasteiger partial charge in [0.2, 0.25) is 11.8 Å². The van der Waals surface area contributed by atoms with Crippen molar-refractivity contribution in [3.63, 3.8) is 0 Å². The van der Waals surface area contributed by atoms with Crippen LogP contribution in [0.15, 0.2) is 0 Å². The van der Waals surface area contributed by atoms with Crippen molar-refractivity contribution < 1.29 is 9.59 Å². The molecule has 0 heterocycles. The van der Waals surface area contributed by atoms with Gasteiger partial charge in [0.25, 0.3) is 0 Å². The highest BCUT2D eigenvalue weighted by atomic mass is 16.2. The summed E-state index contributed by atoms with van der Waals surface area (Å²) < 4.78 is 0. The maximum Gasteiger partial charge on any atom is 0.237 e. The second-order valence-electron chi connectivity index (χ2n) is 5.02. The zero-order valence-corrected chi connectivity index (χ0v) is 12.2. The molecule has 0 saturated carbocycles. The standard InChI is InChI=1S/C13H27N3O2/c1-6-7-10(4)16-12(17)8-14-11(5)13(18)15-9(2)3/h9-11,14H,6-8H2,1-5H3,(H,15,18)(H,16,17). The molecule has 0 aromatic rings. The van der Waals surface area contributed by atoms with Gasteiger partial charge in [-0.25, -0.2) is 0 Å². The fourth-order valence-electron chi connectivity index (χ4n) is 1.58. The third kappa shape index (κ3) is 8.06. The Hall–Kier alpha value is -1.10. The fourth-order valence-corrected chi connectivity index (χ4v) is 1.58. The fraction of sp³-hybridized carbons (Fsp3) is 0.846. The van der Waals surface area contributed by atoms with Crippen LogP contribution >= 0.6 is 0 Å². The molecule has 0 aromatic heterocycles. The molecular formula is C13H27N3O2. The van der Waals surface area contributed by atoms with E-state index in [0.717, 1.165) is 12.8 Å². The van der Waals surface area contributed by atoms with Crippen LogP contribution < -0.4 is 16.0 Å². The van der Waals surface area contributed by atoms with Gasteiger partial charge in [0, 0.05) is 12.1 Å². The monoisotopic (exact) mass is 257 g/mol. The molecule has 0 spiro atoms. The Morgan fingerprint density at radius 2 is 1.67 bits per heavy atom. The largest absolute Gasteiger partial charge is 0.353 e. The van der Waals surface area contributed by atoms with Crippen LogP contribution in [-0.2, 0) is 9.59 Å². The summed E-state index contributed by atoms with van der Waals surface area (Å²) in [7, 11) is 0. The van der Waals surface area contributed by atoms with Crippen molar-refractivity contribution in [2.75, 3.05) is 6.54 Å². The molecule has 106 valence electrons. The van der Waals surface area contributed by atoms with Gasteiger partial charge in [-0.2, -0.15) is 0 Å². The maximum absolute atomic E-state index is 11.6. The Balaban J connectivity index is 3.87. The van der Waals surface area contributed by atoms with Gasteiger partial charge < -0.3 is 10.6 Å². The SMILES string of the molecule is CCCC(C)NC(=O)CNC(C)C(=O)NC(C)C. The predicted molar refractivity (Wildman–Crippen MR) is 73.3 cm³/mol. The number of carbonyl (C=O) groups excluding carboxylic acids is 2. The van der Waals surface area contributed by atoms with Crippen molar-refractivity contribution in [3.8, 4) is 0 Å². The highest BCUT2D eigenvalue weighted by Crippen LogP contribution is 1.94. The molecule has 2 atom stereocenters. The average molecular weight is 257 g/mol. The lowest BCUT2D eigenvalue weighted by Crippen LogP contribution is -2.48. The van der Waals surface area contributed by atoms with Crippen molar-refractivity contribution >= 4 is 11.8 Å². The van der Waals surface area contributed by atoms with Crippen LogP contribution in [0.1, 0.15) is 47.5 Å². The molecule has 0 aliphatic carbocycles. The first-order valence-corrected chi connectivity index (χ1v) is 6.69. The molecular weight excluding hydrogens is 230 g/mol. The Morgan fingerprint density at radius 1 is 1.06 bits per heavy atom. The van der Waals surface area contributed by atoms with Crippen molar-refractivity contribution in [1.29, 1.82) is 0 Å². The average Bonchev–Trinajstić information content (AvgIpc) is 2.25. The van der Waals surface area contributed by atoms with E-state index in [9.17, 15) is 9.59 Å². The first kappa shape index (κ1) is 16.9. The van der Waals surface area contributed by atoms with Gasteiger partial charge in [-0.1, -0.05) is 13.3 Å². The lowest BCUT2D eigenvalue weighted by atomic mass is 10.2. The normalized spacial score (nSPS) is 14.1. The molecule has 2 unspecified atom stereocenters. The molecule has 18 heavy (non-hydrogen) atoms. The smallest absolute Gasteiger partial charge is 0.237 e. The van der Waals surface area contributed by atoms with Crippen LogP contribution in [0.5, 0.6) is 0 Å². The zero-order chi connectivity index (χ0) is 14.1. The second-order valence-corrected chi connectivity index (χ2v) is 5.02. The minimum atomic E-state index is -0.361. The Kier molecular flexibility index (Phi) is 8.37. The van der Waals surface area contributed by atoms with Crippen LogP contribution in [0.2, 0.25) is 0 Å². The molecule has 5 heteroatoms. The van der Waals surface area contributed by atoms with Crippen LogP contribution in [0.25, 0.3) is 0 Å². The molecule has 0 saturated heterocycles. The summed E-state index contributed by atoms with van der Waals surface area (Å²) in [6, 6.07) is -0.0659. The molecule has 0 aromatic carbocycles. The summed E-state index contributed by atoms with van der Waals surface area (Å²) in [6.45, 7) is 9.80. The zero-order valence-electron chi connectivity index (χ0n) is 12.2. The van der Waals surface area contributed by atoms with Crippen molar-refractivity contribution in [3.05, 3.63) is 0 Å². The summed E-state index contributed by atoms with van der Waals surface area (Å²) >= 11 is 0. The van der Waals surface area contributed by atoms with E-state index in [1.165, 1.54) is 0 Å². The number of hydrogen-bond acceptors (Lipinski definition) is 3. The summed E-state index contributed by atoms with van der Waals surface area (Å²) in [5, 5.41) is 8.59. The highest BCUT2D eigenvalue weighted by Gasteiger charge is 2.14. The third-order valence-electron chi connectivity index (χ3n) is 2.52. The highest BCUT2D eigenvalue weighted by molar-refractivity contribution is 5.83. The molecule has 0 bridgehead atoms. The minimum absolute atomic E-state index is 0.0693. The van der Waals surface area contributed by atoms with Gasteiger partial charge in [-0.05, 0) is 34.1 Å². The number of carbonyl (C=O) groups is 2. The van der Waals surface area contributed by atoms with E-state index in [-0.39, 0.29) is 36.5 Å².